The van der Waals surface area contributed by atoms with E-state index in [1.165, 1.54) is 0 Å². The lowest BCUT2D eigenvalue weighted by molar-refractivity contribution is -0.128. The molecule has 8 heteroatoms. The molecule has 1 fully saturated rings. The average Bonchev–Trinajstić information content (AvgIpc) is 2.45. The second-order valence-electron chi connectivity index (χ2n) is 7.13. The molecule has 0 aromatic carbocycles. The van der Waals surface area contributed by atoms with Crippen molar-refractivity contribution >= 4 is 21.7 Å². The zero-order chi connectivity index (χ0) is 17.9. The zero-order valence-electron chi connectivity index (χ0n) is 15.1. The van der Waals surface area contributed by atoms with Crippen LogP contribution in [0.5, 0.6) is 0 Å². The summed E-state index contributed by atoms with van der Waals surface area (Å²) in [6.45, 7) is 10.9. The van der Waals surface area contributed by atoms with Crippen molar-refractivity contribution in [1.29, 1.82) is 0 Å². The van der Waals surface area contributed by atoms with Gasteiger partial charge in [-0.3, -0.25) is 9.79 Å². The van der Waals surface area contributed by atoms with Gasteiger partial charge in [-0.05, 0) is 34.6 Å². The van der Waals surface area contributed by atoms with Crippen LogP contribution in [0.25, 0.3) is 0 Å². The van der Waals surface area contributed by atoms with E-state index in [1.54, 1.807) is 20.9 Å². The molecule has 1 aliphatic heterocycles. The minimum absolute atomic E-state index is 0.0707. The molecule has 1 rings (SSSR count). The first-order valence-electron chi connectivity index (χ1n) is 7.94. The molecule has 1 amide bonds. The Balaban J connectivity index is 2.95. The van der Waals surface area contributed by atoms with Gasteiger partial charge in [0.15, 0.2) is 15.8 Å². The van der Waals surface area contributed by atoms with E-state index in [9.17, 15) is 13.2 Å². The summed E-state index contributed by atoms with van der Waals surface area (Å²) in [4.78, 5) is 18.4. The van der Waals surface area contributed by atoms with Gasteiger partial charge in [0.05, 0.1) is 22.5 Å². The number of hydrogen-bond acceptors (Lipinski definition) is 4. The normalized spacial score (nSPS) is 21.0. The van der Waals surface area contributed by atoms with Gasteiger partial charge in [-0.1, -0.05) is 0 Å². The molecule has 0 spiro atoms. The van der Waals surface area contributed by atoms with E-state index in [-0.39, 0.29) is 11.7 Å². The maximum absolute atomic E-state index is 12.1. The van der Waals surface area contributed by atoms with Crippen molar-refractivity contribution in [3.05, 3.63) is 0 Å². The predicted octanol–water partition coefficient (Wildman–Crippen LogP) is 0.233. The second-order valence-corrected chi connectivity index (χ2v) is 9.88. The van der Waals surface area contributed by atoms with Crippen molar-refractivity contribution in [2.75, 3.05) is 39.0 Å². The fraction of sp³-hybridized carbons (Fsp3) is 0.867. The molecule has 7 nitrogen and oxygen atoms in total. The van der Waals surface area contributed by atoms with Crippen molar-refractivity contribution in [1.82, 2.24) is 15.5 Å². The highest BCUT2D eigenvalue weighted by atomic mass is 32.2. The maximum Gasteiger partial charge on any atom is 0.227 e. The lowest BCUT2D eigenvalue weighted by Gasteiger charge is -2.39. The Hall–Kier alpha value is -1.31. The number of carbonyl (C=O) groups excluding carboxylic acids is 1. The van der Waals surface area contributed by atoms with E-state index in [2.05, 4.69) is 15.6 Å². The first kappa shape index (κ1) is 19.7. The molecule has 0 aromatic heterocycles. The van der Waals surface area contributed by atoms with Gasteiger partial charge >= 0.3 is 0 Å². The summed E-state index contributed by atoms with van der Waals surface area (Å²) < 4.78 is 23.5. The monoisotopic (exact) mass is 346 g/mol. The molecule has 2 N–H and O–H groups in total. The Labute approximate surface area is 139 Å². The molecule has 0 bridgehead atoms. The smallest absolute Gasteiger partial charge is 0.227 e. The number of rotatable bonds is 4. The molecule has 0 radical (unpaired) electrons. The lowest BCUT2D eigenvalue weighted by Crippen LogP contribution is -2.57. The quantitative estimate of drug-likeness (QED) is 0.562. The van der Waals surface area contributed by atoms with E-state index in [0.717, 1.165) is 0 Å². The van der Waals surface area contributed by atoms with Crippen molar-refractivity contribution < 1.29 is 13.2 Å². The van der Waals surface area contributed by atoms with Crippen molar-refractivity contribution in [3.63, 3.8) is 0 Å². The third kappa shape index (κ3) is 4.59. The van der Waals surface area contributed by atoms with E-state index in [0.29, 0.717) is 32.1 Å². The summed E-state index contributed by atoms with van der Waals surface area (Å²) in [7, 11) is -1.48. The molecule has 23 heavy (non-hydrogen) atoms. The number of aliphatic imine (C=N–C) groups is 1. The van der Waals surface area contributed by atoms with Gasteiger partial charge in [0, 0.05) is 26.7 Å². The van der Waals surface area contributed by atoms with Gasteiger partial charge in [-0.15, -0.1) is 0 Å². The summed E-state index contributed by atoms with van der Waals surface area (Å²) >= 11 is 0. The fourth-order valence-electron chi connectivity index (χ4n) is 2.43. The van der Waals surface area contributed by atoms with Crippen LogP contribution in [0.4, 0.5) is 0 Å². The number of carbonyl (C=O) groups is 1. The zero-order valence-corrected chi connectivity index (χ0v) is 15.9. The number of nitrogens with one attached hydrogen (secondary N) is 2. The molecule has 1 heterocycles. The summed E-state index contributed by atoms with van der Waals surface area (Å²) in [6, 6.07) is 0. The van der Waals surface area contributed by atoms with Crippen LogP contribution < -0.4 is 10.6 Å². The van der Waals surface area contributed by atoms with Crippen LogP contribution in [0.3, 0.4) is 0 Å². The van der Waals surface area contributed by atoms with Gasteiger partial charge in [0.1, 0.15) is 0 Å². The summed E-state index contributed by atoms with van der Waals surface area (Å²) in [5.41, 5.74) is -0.618. The Morgan fingerprint density at radius 2 is 1.96 bits per heavy atom. The lowest BCUT2D eigenvalue weighted by atomic mass is 9.93. The molecule has 1 aliphatic rings. The SMILES string of the molecule is CCNC(=NCC(C)(C)C(=O)NC)N1CCS(=O)(=O)C(C)(C)C1. The van der Waals surface area contributed by atoms with Crippen LogP contribution in [0.15, 0.2) is 4.99 Å². The van der Waals surface area contributed by atoms with Crippen molar-refractivity contribution in [2.24, 2.45) is 10.4 Å². The largest absolute Gasteiger partial charge is 0.359 e. The minimum Gasteiger partial charge on any atom is -0.359 e. The topological polar surface area (TPSA) is 90.9 Å². The summed E-state index contributed by atoms with van der Waals surface area (Å²) in [5.74, 6) is 0.703. The Bertz CT molecular complexity index is 567. The maximum atomic E-state index is 12.1. The summed E-state index contributed by atoms with van der Waals surface area (Å²) in [6.07, 6.45) is 0. The molecular weight excluding hydrogens is 316 g/mol. The molecule has 0 aliphatic carbocycles. The highest BCUT2D eigenvalue weighted by molar-refractivity contribution is 7.92. The van der Waals surface area contributed by atoms with Gasteiger partial charge < -0.3 is 15.5 Å². The van der Waals surface area contributed by atoms with Crippen LogP contribution in [0.2, 0.25) is 0 Å². The van der Waals surface area contributed by atoms with Crippen molar-refractivity contribution in [3.8, 4) is 0 Å². The molecule has 0 aromatic rings. The highest BCUT2D eigenvalue weighted by Gasteiger charge is 2.41. The summed E-state index contributed by atoms with van der Waals surface area (Å²) in [5, 5.41) is 5.84. The van der Waals surface area contributed by atoms with E-state index >= 15 is 0 Å². The van der Waals surface area contributed by atoms with Crippen LogP contribution >= 0.6 is 0 Å². The fourth-order valence-corrected chi connectivity index (χ4v) is 3.80. The predicted molar refractivity (Wildman–Crippen MR) is 93.3 cm³/mol. The Morgan fingerprint density at radius 3 is 2.43 bits per heavy atom. The Kier molecular flexibility index (Phi) is 6.06. The van der Waals surface area contributed by atoms with Crippen LogP contribution in [-0.4, -0.2) is 68.9 Å². The highest BCUT2D eigenvalue weighted by Crippen LogP contribution is 2.24. The van der Waals surface area contributed by atoms with Gasteiger partial charge in [0.25, 0.3) is 0 Å². The van der Waals surface area contributed by atoms with E-state index < -0.39 is 20.0 Å². The number of nitrogens with zero attached hydrogens (tertiary/aromatic N) is 2. The Morgan fingerprint density at radius 1 is 1.35 bits per heavy atom. The molecule has 0 atom stereocenters. The molecule has 1 saturated heterocycles. The van der Waals surface area contributed by atoms with Crippen LogP contribution in [0.1, 0.15) is 34.6 Å². The van der Waals surface area contributed by atoms with Gasteiger partial charge in [0.2, 0.25) is 5.91 Å². The average molecular weight is 346 g/mol. The first-order valence-corrected chi connectivity index (χ1v) is 9.60. The minimum atomic E-state index is -3.09. The number of amides is 1. The van der Waals surface area contributed by atoms with E-state index in [1.807, 2.05) is 25.7 Å². The molecule has 0 saturated carbocycles. The van der Waals surface area contributed by atoms with Crippen LogP contribution in [0, 0.1) is 5.41 Å². The molecule has 134 valence electrons. The molecule has 0 unspecified atom stereocenters. The third-order valence-corrected chi connectivity index (χ3v) is 6.68. The standard InChI is InChI=1S/C15H30N4O3S/c1-7-17-13(18-10-14(2,3)12(20)16-6)19-8-9-23(21,22)15(4,5)11-19/h7-11H2,1-6H3,(H,16,20)(H,17,18). The number of hydrogen-bond donors (Lipinski definition) is 2. The van der Waals surface area contributed by atoms with E-state index in [4.69, 9.17) is 0 Å². The number of sulfone groups is 1. The first-order chi connectivity index (χ1) is 10.5. The van der Waals surface area contributed by atoms with Crippen molar-refractivity contribution in [2.45, 2.75) is 39.4 Å². The molecular formula is C15H30N4O3S. The van der Waals surface area contributed by atoms with Gasteiger partial charge in [-0.25, -0.2) is 8.42 Å². The third-order valence-electron chi connectivity index (χ3n) is 4.14. The second kappa shape index (κ2) is 7.07. The van der Waals surface area contributed by atoms with Crippen LogP contribution in [-0.2, 0) is 14.6 Å². The number of guanidine groups is 1. The van der Waals surface area contributed by atoms with Gasteiger partial charge in [-0.2, -0.15) is 0 Å².